The second-order valence-corrected chi connectivity index (χ2v) is 8.76. The SMILES string of the molecule is CCCCC(CC(=O)O)NC(=O)[C@@H](CCC)NC(=O)OCC1c2ccccc2-c2ccccc21. The van der Waals surface area contributed by atoms with E-state index in [0.29, 0.717) is 19.3 Å². The number of unbranched alkanes of at least 4 members (excludes halogenated alkanes) is 1. The molecular formula is C27H34N2O5. The predicted octanol–water partition coefficient (Wildman–Crippen LogP) is 4.84. The number of hydrogen-bond acceptors (Lipinski definition) is 4. The molecule has 0 bridgehead atoms. The molecular weight excluding hydrogens is 432 g/mol. The van der Waals surface area contributed by atoms with Crippen molar-refractivity contribution < 1.29 is 24.2 Å². The third kappa shape index (κ3) is 6.37. The summed E-state index contributed by atoms with van der Waals surface area (Å²) in [4.78, 5) is 36.7. The maximum absolute atomic E-state index is 12.8. The molecule has 3 rings (SSSR count). The normalized spacial score (nSPS) is 13.9. The van der Waals surface area contributed by atoms with E-state index in [-0.39, 0.29) is 24.9 Å². The zero-order valence-electron chi connectivity index (χ0n) is 19.9. The largest absolute Gasteiger partial charge is 0.481 e. The van der Waals surface area contributed by atoms with Crippen LogP contribution in [0.5, 0.6) is 0 Å². The molecule has 7 nitrogen and oxygen atoms in total. The fourth-order valence-corrected chi connectivity index (χ4v) is 4.53. The second-order valence-electron chi connectivity index (χ2n) is 8.76. The van der Waals surface area contributed by atoms with E-state index in [4.69, 9.17) is 9.84 Å². The van der Waals surface area contributed by atoms with Gasteiger partial charge in [-0.25, -0.2) is 4.79 Å². The molecule has 2 aromatic rings. The Kier molecular flexibility index (Phi) is 9.08. The number of ether oxygens (including phenoxy) is 1. The number of carbonyl (C=O) groups is 3. The molecule has 1 aliphatic rings. The summed E-state index contributed by atoms with van der Waals surface area (Å²) in [5.41, 5.74) is 4.53. The first-order chi connectivity index (χ1) is 16.4. The van der Waals surface area contributed by atoms with E-state index in [1.54, 1.807) is 0 Å². The lowest BCUT2D eigenvalue weighted by atomic mass is 9.98. The molecule has 0 spiro atoms. The Morgan fingerprint density at radius 2 is 1.53 bits per heavy atom. The van der Waals surface area contributed by atoms with Crippen LogP contribution >= 0.6 is 0 Å². The van der Waals surface area contributed by atoms with Crippen molar-refractivity contribution in [3.8, 4) is 11.1 Å². The summed E-state index contributed by atoms with van der Waals surface area (Å²) in [5.74, 6) is -1.40. The molecule has 2 amide bonds. The molecule has 2 atom stereocenters. The van der Waals surface area contributed by atoms with Gasteiger partial charge in [0.25, 0.3) is 0 Å². The van der Waals surface area contributed by atoms with Crippen LogP contribution in [0, 0.1) is 0 Å². The number of amides is 2. The summed E-state index contributed by atoms with van der Waals surface area (Å²) in [6.45, 7) is 4.10. The van der Waals surface area contributed by atoms with Crippen molar-refractivity contribution in [1.82, 2.24) is 10.6 Å². The van der Waals surface area contributed by atoms with Crippen molar-refractivity contribution in [2.24, 2.45) is 0 Å². The number of alkyl carbamates (subject to hydrolysis) is 1. The third-order valence-electron chi connectivity index (χ3n) is 6.20. The molecule has 34 heavy (non-hydrogen) atoms. The fraction of sp³-hybridized carbons (Fsp3) is 0.444. The van der Waals surface area contributed by atoms with Gasteiger partial charge in [-0.1, -0.05) is 81.6 Å². The number of aliphatic carboxylic acids is 1. The van der Waals surface area contributed by atoms with Crippen LogP contribution in [0.1, 0.15) is 69.4 Å². The van der Waals surface area contributed by atoms with Gasteiger partial charge in [-0.05, 0) is 35.1 Å². The lowest BCUT2D eigenvalue weighted by Crippen LogP contribution is -2.50. The number of benzene rings is 2. The molecule has 0 radical (unpaired) electrons. The topological polar surface area (TPSA) is 105 Å². The Labute approximate surface area is 200 Å². The zero-order chi connectivity index (χ0) is 24.5. The quantitative estimate of drug-likeness (QED) is 0.415. The Morgan fingerprint density at radius 1 is 0.912 bits per heavy atom. The van der Waals surface area contributed by atoms with Crippen molar-refractivity contribution in [2.75, 3.05) is 6.61 Å². The number of carbonyl (C=O) groups excluding carboxylic acids is 2. The van der Waals surface area contributed by atoms with Gasteiger partial charge < -0.3 is 20.5 Å². The first kappa shape index (κ1) is 25.3. The van der Waals surface area contributed by atoms with Crippen LogP contribution in [0.15, 0.2) is 48.5 Å². The molecule has 1 aliphatic carbocycles. The predicted molar refractivity (Wildman–Crippen MR) is 131 cm³/mol. The summed E-state index contributed by atoms with van der Waals surface area (Å²) in [7, 11) is 0. The number of rotatable bonds is 12. The molecule has 0 saturated carbocycles. The van der Waals surface area contributed by atoms with Crippen LogP contribution in [0.3, 0.4) is 0 Å². The maximum Gasteiger partial charge on any atom is 0.407 e. The average molecular weight is 467 g/mol. The van der Waals surface area contributed by atoms with E-state index in [1.165, 1.54) is 0 Å². The van der Waals surface area contributed by atoms with Crippen molar-refractivity contribution in [2.45, 2.75) is 70.4 Å². The van der Waals surface area contributed by atoms with Gasteiger partial charge in [0.1, 0.15) is 12.6 Å². The Balaban J connectivity index is 1.62. The van der Waals surface area contributed by atoms with Crippen molar-refractivity contribution >= 4 is 18.0 Å². The van der Waals surface area contributed by atoms with Crippen LogP contribution in [-0.4, -0.2) is 41.8 Å². The number of fused-ring (bicyclic) bond motifs is 3. The molecule has 182 valence electrons. The molecule has 1 unspecified atom stereocenters. The number of nitrogens with one attached hydrogen (secondary N) is 2. The van der Waals surface area contributed by atoms with Crippen LogP contribution in [0.25, 0.3) is 11.1 Å². The van der Waals surface area contributed by atoms with Crippen LogP contribution in [0.2, 0.25) is 0 Å². The minimum Gasteiger partial charge on any atom is -0.481 e. The lowest BCUT2D eigenvalue weighted by molar-refractivity contribution is -0.137. The van der Waals surface area contributed by atoms with E-state index < -0.39 is 24.1 Å². The zero-order valence-corrected chi connectivity index (χ0v) is 19.9. The summed E-state index contributed by atoms with van der Waals surface area (Å²) >= 11 is 0. The molecule has 7 heteroatoms. The summed E-state index contributed by atoms with van der Waals surface area (Å²) < 4.78 is 5.58. The fourth-order valence-electron chi connectivity index (χ4n) is 4.53. The lowest BCUT2D eigenvalue weighted by Gasteiger charge is -2.23. The minimum atomic E-state index is -0.960. The maximum atomic E-state index is 12.8. The van der Waals surface area contributed by atoms with Crippen LogP contribution in [-0.2, 0) is 14.3 Å². The van der Waals surface area contributed by atoms with Gasteiger partial charge in [0, 0.05) is 12.0 Å². The standard InChI is InChI=1S/C27H34N2O5/c1-3-5-11-18(16-25(30)31)28-26(32)24(10-4-2)29-27(33)34-17-23-21-14-8-6-12-19(21)20-13-7-9-15-22(20)23/h6-9,12-15,18,23-24H,3-5,10-11,16-17H2,1-2H3,(H,28,32)(H,29,33)(H,30,31)/t18?,24-/m1/s1. The molecule has 0 aliphatic heterocycles. The first-order valence-corrected chi connectivity index (χ1v) is 12.1. The van der Waals surface area contributed by atoms with Crippen LogP contribution < -0.4 is 10.6 Å². The van der Waals surface area contributed by atoms with Gasteiger partial charge in [-0.3, -0.25) is 9.59 Å². The van der Waals surface area contributed by atoms with E-state index in [2.05, 4.69) is 22.8 Å². The molecule has 0 saturated heterocycles. The number of hydrogen-bond donors (Lipinski definition) is 3. The monoisotopic (exact) mass is 466 g/mol. The highest BCUT2D eigenvalue weighted by molar-refractivity contribution is 5.86. The van der Waals surface area contributed by atoms with Gasteiger partial charge in [-0.15, -0.1) is 0 Å². The summed E-state index contributed by atoms with van der Waals surface area (Å²) in [5, 5.41) is 14.6. The Morgan fingerprint density at radius 3 is 2.09 bits per heavy atom. The van der Waals surface area contributed by atoms with E-state index in [9.17, 15) is 14.4 Å². The van der Waals surface area contributed by atoms with Gasteiger partial charge in [0.2, 0.25) is 5.91 Å². The van der Waals surface area contributed by atoms with Gasteiger partial charge >= 0.3 is 12.1 Å². The molecule has 3 N–H and O–H groups in total. The summed E-state index contributed by atoms with van der Waals surface area (Å²) in [6.07, 6.45) is 2.62. The molecule has 0 aromatic heterocycles. The van der Waals surface area contributed by atoms with Crippen molar-refractivity contribution in [1.29, 1.82) is 0 Å². The highest BCUT2D eigenvalue weighted by Gasteiger charge is 2.30. The Hall–Kier alpha value is -3.35. The van der Waals surface area contributed by atoms with E-state index >= 15 is 0 Å². The van der Waals surface area contributed by atoms with Crippen LogP contribution in [0.4, 0.5) is 4.79 Å². The molecule has 0 heterocycles. The molecule has 2 aromatic carbocycles. The smallest absolute Gasteiger partial charge is 0.407 e. The minimum absolute atomic E-state index is 0.0643. The van der Waals surface area contributed by atoms with Gasteiger partial charge in [0.15, 0.2) is 0 Å². The Bertz CT molecular complexity index is 961. The highest BCUT2D eigenvalue weighted by Crippen LogP contribution is 2.44. The average Bonchev–Trinajstić information content (AvgIpc) is 3.14. The number of carboxylic acids is 1. The summed E-state index contributed by atoms with van der Waals surface area (Å²) in [6, 6.07) is 14.9. The van der Waals surface area contributed by atoms with E-state index in [0.717, 1.165) is 35.1 Å². The number of carboxylic acid groups (broad SMARTS) is 1. The van der Waals surface area contributed by atoms with Crippen molar-refractivity contribution in [3.63, 3.8) is 0 Å². The van der Waals surface area contributed by atoms with Gasteiger partial charge in [-0.2, -0.15) is 0 Å². The molecule has 0 fully saturated rings. The second kappa shape index (κ2) is 12.2. The van der Waals surface area contributed by atoms with Gasteiger partial charge in [0.05, 0.1) is 6.42 Å². The van der Waals surface area contributed by atoms with E-state index in [1.807, 2.05) is 50.2 Å². The van der Waals surface area contributed by atoms with Crippen molar-refractivity contribution in [3.05, 3.63) is 59.7 Å². The highest BCUT2D eigenvalue weighted by atomic mass is 16.5. The first-order valence-electron chi connectivity index (χ1n) is 12.1. The third-order valence-corrected chi connectivity index (χ3v) is 6.20.